The van der Waals surface area contributed by atoms with Crippen molar-refractivity contribution in [3.05, 3.63) is 65.0 Å². The summed E-state index contributed by atoms with van der Waals surface area (Å²) in [4.78, 5) is 22.7. The zero-order valence-corrected chi connectivity index (χ0v) is 11.4. The van der Waals surface area contributed by atoms with Crippen LogP contribution in [0.1, 0.15) is 33.2 Å². The van der Waals surface area contributed by atoms with Crippen LogP contribution in [0.4, 0.5) is 10.1 Å². The maximum Gasteiger partial charge on any atom is 0.335 e. The predicted molar refractivity (Wildman–Crippen MR) is 77.1 cm³/mol. The molecule has 0 spiro atoms. The van der Waals surface area contributed by atoms with Crippen molar-refractivity contribution in [3.8, 4) is 0 Å². The average Bonchev–Trinajstić information content (AvgIpc) is 2.49. The number of amides is 1. The lowest BCUT2D eigenvalue weighted by Crippen LogP contribution is -2.13. The van der Waals surface area contributed by atoms with Gasteiger partial charge in [-0.25, -0.2) is 9.18 Å². The summed E-state index contributed by atoms with van der Waals surface area (Å²) < 4.78 is 13.7. The number of benzene rings is 2. The van der Waals surface area contributed by atoms with E-state index in [0.29, 0.717) is 5.56 Å². The molecule has 2 rings (SSSR count). The largest absolute Gasteiger partial charge is 0.478 e. The first-order valence-corrected chi connectivity index (χ1v) is 6.44. The Bertz CT molecular complexity index is 680. The van der Waals surface area contributed by atoms with Crippen LogP contribution in [0.3, 0.4) is 0 Å². The highest BCUT2D eigenvalue weighted by Gasteiger charge is 2.12. The van der Waals surface area contributed by atoms with Crippen LogP contribution in [0.5, 0.6) is 0 Å². The molecule has 4 nitrogen and oxygen atoms in total. The Balaban J connectivity index is 2.17. The number of hydrogen-bond donors (Lipinski definition) is 2. The van der Waals surface area contributed by atoms with Crippen molar-refractivity contribution < 1.29 is 19.1 Å². The van der Waals surface area contributed by atoms with E-state index in [-0.39, 0.29) is 11.3 Å². The van der Waals surface area contributed by atoms with E-state index >= 15 is 0 Å². The van der Waals surface area contributed by atoms with E-state index in [2.05, 4.69) is 5.32 Å². The van der Waals surface area contributed by atoms with Gasteiger partial charge in [0.25, 0.3) is 5.91 Å². The highest BCUT2D eigenvalue weighted by molar-refractivity contribution is 6.04. The third-order valence-electron chi connectivity index (χ3n) is 3.09. The van der Waals surface area contributed by atoms with Crippen LogP contribution < -0.4 is 5.32 Å². The van der Waals surface area contributed by atoms with Gasteiger partial charge >= 0.3 is 5.97 Å². The predicted octanol–water partition coefficient (Wildman–Crippen LogP) is 3.34. The number of aromatic carboxylic acids is 1. The number of carboxylic acid groups (broad SMARTS) is 1. The molecule has 0 atom stereocenters. The van der Waals surface area contributed by atoms with Crippen molar-refractivity contribution in [2.24, 2.45) is 0 Å². The van der Waals surface area contributed by atoms with Crippen LogP contribution in [0, 0.1) is 5.82 Å². The van der Waals surface area contributed by atoms with E-state index in [1.165, 1.54) is 12.1 Å². The molecule has 0 aliphatic carbocycles. The number of anilines is 1. The average molecular weight is 287 g/mol. The van der Waals surface area contributed by atoms with Gasteiger partial charge in [0.15, 0.2) is 0 Å². The number of carbonyl (C=O) groups is 2. The molecule has 0 saturated carbocycles. The van der Waals surface area contributed by atoms with Gasteiger partial charge in [0.2, 0.25) is 0 Å². The molecule has 1 amide bonds. The number of carboxylic acids is 1. The third kappa shape index (κ3) is 3.45. The Morgan fingerprint density at radius 2 is 1.71 bits per heavy atom. The minimum absolute atomic E-state index is 0.0513. The topological polar surface area (TPSA) is 66.4 Å². The zero-order valence-electron chi connectivity index (χ0n) is 11.4. The summed E-state index contributed by atoms with van der Waals surface area (Å²) in [7, 11) is 0. The summed E-state index contributed by atoms with van der Waals surface area (Å²) in [6, 6.07) is 10.3. The van der Waals surface area contributed by atoms with Crippen molar-refractivity contribution in [3.63, 3.8) is 0 Å². The summed E-state index contributed by atoms with van der Waals surface area (Å²) in [6.07, 6.45) is 0.868. The van der Waals surface area contributed by atoms with Gasteiger partial charge in [-0.1, -0.05) is 19.1 Å². The molecule has 5 heteroatoms. The normalized spacial score (nSPS) is 10.2. The Hall–Kier alpha value is -2.69. The first kappa shape index (κ1) is 14.7. The molecule has 2 aromatic carbocycles. The first-order chi connectivity index (χ1) is 10.0. The van der Waals surface area contributed by atoms with Crippen molar-refractivity contribution in [2.45, 2.75) is 13.3 Å². The van der Waals surface area contributed by atoms with Crippen molar-refractivity contribution in [2.75, 3.05) is 5.32 Å². The Morgan fingerprint density at radius 3 is 2.24 bits per heavy atom. The fraction of sp³-hybridized carbons (Fsp3) is 0.125. The molecule has 0 radical (unpaired) electrons. The molecule has 0 saturated heterocycles. The molecule has 0 bridgehead atoms. The SMILES string of the molecule is CCc1ccc(C(=O)Nc2ccc(C(=O)O)cc2F)cc1. The molecule has 2 aromatic rings. The van der Waals surface area contributed by atoms with Crippen LogP contribution in [0.25, 0.3) is 0 Å². The van der Waals surface area contributed by atoms with Gasteiger partial charge in [0.1, 0.15) is 5.82 Å². The number of nitrogens with one attached hydrogen (secondary N) is 1. The van der Waals surface area contributed by atoms with Crippen LogP contribution >= 0.6 is 0 Å². The van der Waals surface area contributed by atoms with Crippen LogP contribution in [0.15, 0.2) is 42.5 Å². The zero-order chi connectivity index (χ0) is 15.4. The Morgan fingerprint density at radius 1 is 1.10 bits per heavy atom. The standard InChI is InChI=1S/C16H14FNO3/c1-2-10-3-5-11(6-4-10)15(19)18-14-8-7-12(16(20)21)9-13(14)17/h3-9H,2H2,1H3,(H,18,19)(H,20,21). The number of aryl methyl sites for hydroxylation is 1. The lowest BCUT2D eigenvalue weighted by molar-refractivity contribution is 0.0696. The monoisotopic (exact) mass is 287 g/mol. The maximum absolute atomic E-state index is 13.7. The fourth-order valence-corrected chi connectivity index (χ4v) is 1.84. The highest BCUT2D eigenvalue weighted by Crippen LogP contribution is 2.17. The van der Waals surface area contributed by atoms with Crippen LogP contribution in [0.2, 0.25) is 0 Å². The summed E-state index contributed by atoms with van der Waals surface area (Å²) in [6.45, 7) is 2.01. The second-order valence-corrected chi connectivity index (χ2v) is 4.50. The summed E-state index contributed by atoms with van der Waals surface area (Å²) in [5, 5.41) is 11.2. The molecule has 2 N–H and O–H groups in total. The van der Waals surface area contributed by atoms with Gasteiger partial charge in [-0.2, -0.15) is 0 Å². The number of hydrogen-bond acceptors (Lipinski definition) is 2. The van der Waals surface area contributed by atoms with E-state index in [4.69, 9.17) is 5.11 Å². The van der Waals surface area contributed by atoms with Gasteiger partial charge in [0, 0.05) is 5.56 Å². The molecule has 0 aromatic heterocycles. The molecular weight excluding hydrogens is 273 g/mol. The Kier molecular flexibility index (Phi) is 4.33. The minimum Gasteiger partial charge on any atom is -0.478 e. The van der Waals surface area contributed by atoms with Gasteiger partial charge in [-0.05, 0) is 42.3 Å². The van der Waals surface area contributed by atoms with E-state index < -0.39 is 17.7 Å². The molecule has 0 heterocycles. The van der Waals surface area contributed by atoms with Crippen molar-refractivity contribution >= 4 is 17.6 Å². The quantitative estimate of drug-likeness (QED) is 0.906. The second kappa shape index (κ2) is 6.17. The molecule has 21 heavy (non-hydrogen) atoms. The molecule has 0 unspecified atom stereocenters. The summed E-state index contributed by atoms with van der Waals surface area (Å²) in [5.41, 5.74) is 1.29. The summed E-state index contributed by atoms with van der Waals surface area (Å²) in [5.74, 6) is -2.45. The lowest BCUT2D eigenvalue weighted by Gasteiger charge is -2.07. The second-order valence-electron chi connectivity index (χ2n) is 4.50. The van der Waals surface area contributed by atoms with E-state index in [0.717, 1.165) is 18.1 Å². The minimum atomic E-state index is -1.22. The smallest absolute Gasteiger partial charge is 0.335 e. The van der Waals surface area contributed by atoms with Crippen LogP contribution in [-0.4, -0.2) is 17.0 Å². The van der Waals surface area contributed by atoms with Crippen molar-refractivity contribution in [1.82, 2.24) is 0 Å². The molecule has 0 fully saturated rings. The van der Waals surface area contributed by atoms with Gasteiger partial charge < -0.3 is 10.4 Å². The molecule has 108 valence electrons. The van der Waals surface area contributed by atoms with Gasteiger partial charge in [0.05, 0.1) is 11.3 Å². The summed E-state index contributed by atoms with van der Waals surface area (Å²) >= 11 is 0. The third-order valence-corrected chi connectivity index (χ3v) is 3.09. The number of halogens is 1. The number of carbonyl (C=O) groups excluding carboxylic acids is 1. The van der Waals surface area contributed by atoms with Crippen molar-refractivity contribution in [1.29, 1.82) is 0 Å². The van der Waals surface area contributed by atoms with Gasteiger partial charge in [-0.3, -0.25) is 4.79 Å². The molecular formula is C16H14FNO3. The lowest BCUT2D eigenvalue weighted by atomic mass is 10.1. The maximum atomic E-state index is 13.7. The number of rotatable bonds is 4. The van der Waals surface area contributed by atoms with E-state index in [1.54, 1.807) is 12.1 Å². The van der Waals surface area contributed by atoms with Crippen LogP contribution in [-0.2, 0) is 6.42 Å². The Labute approximate surface area is 121 Å². The van der Waals surface area contributed by atoms with E-state index in [1.807, 2.05) is 19.1 Å². The fourth-order valence-electron chi connectivity index (χ4n) is 1.84. The first-order valence-electron chi connectivity index (χ1n) is 6.44. The van der Waals surface area contributed by atoms with Gasteiger partial charge in [-0.15, -0.1) is 0 Å². The molecule has 0 aliphatic heterocycles. The highest BCUT2D eigenvalue weighted by atomic mass is 19.1. The van der Waals surface area contributed by atoms with E-state index in [9.17, 15) is 14.0 Å². The molecule has 0 aliphatic rings.